The van der Waals surface area contributed by atoms with Crippen LogP contribution in [-0.2, 0) is 14.3 Å². The fourth-order valence-corrected chi connectivity index (χ4v) is 2.31. The van der Waals surface area contributed by atoms with Gasteiger partial charge >= 0.3 is 11.9 Å². The SMILES string of the molecule is C=CC(=O)OCCCCCC(=O)Oc1ccc(-c2ccccc2)cc1. The number of ether oxygens (including phenoxy) is 2. The number of esters is 2. The third kappa shape index (κ3) is 6.63. The van der Waals surface area contributed by atoms with Gasteiger partial charge in [-0.15, -0.1) is 0 Å². The predicted octanol–water partition coefficient (Wildman–Crippen LogP) is 4.55. The summed E-state index contributed by atoms with van der Waals surface area (Å²) in [7, 11) is 0. The molecule has 4 nitrogen and oxygen atoms in total. The van der Waals surface area contributed by atoms with Gasteiger partial charge in [0.25, 0.3) is 0 Å². The summed E-state index contributed by atoms with van der Waals surface area (Å²) in [5.74, 6) is -0.126. The summed E-state index contributed by atoms with van der Waals surface area (Å²) in [5, 5.41) is 0. The van der Waals surface area contributed by atoms with Crippen LogP contribution in [0.3, 0.4) is 0 Å². The van der Waals surface area contributed by atoms with Crippen molar-refractivity contribution in [1.82, 2.24) is 0 Å². The van der Waals surface area contributed by atoms with E-state index >= 15 is 0 Å². The molecule has 0 atom stereocenters. The van der Waals surface area contributed by atoms with Crippen LogP contribution in [-0.4, -0.2) is 18.5 Å². The van der Waals surface area contributed by atoms with Crippen LogP contribution in [0.25, 0.3) is 11.1 Å². The molecule has 4 heteroatoms. The van der Waals surface area contributed by atoms with E-state index in [1.165, 1.54) is 0 Å². The van der Waals surface area contributed by atoms with Crippen molar-refractivity contribution in [3.8, 4) is 16.9 Å². The molecule has 0 aliphatic rings. The molecule has 0 aromatic heterocycles. The number of hydrogen-bond donors (Lipinski definition) is 0. The summed E-state index contributed by atoms with van der Waals surface area (Å²) in [4.78, 5) is 22.7. The predicted molar refractivity (Wildman–Crippen MR) is 97.1 cm³/mol. The van der Waals surface area contributed by atoms with Gasteiger partial charge in [-0.3, -0.25) is 4.79 Å². The Hall–Kier alpha value is -2.88. The molecule has 0 saturated heterocycles. The minimum atomic E-state index is -0.418. The van der Waals surface area contributed by atoms with E-state index in [0.717, 1.165) is 30.0 Å². The number of carbonyl (C=O) groups is 2. The van der Waals surface area contributed by atoms with Crippen molar-refractivity contribution >= 4 is 11.9 Å². The van der Waals surface area contributed by atoms with Crippen molar-refractivity contribution in [2.75, 3.05) is 6.61 Å². The van der Waals surface area contributed by atoms with E-state index in [0.29, 0.717) is 25.2 Å². The molecule has 2 aromatic rings. The highest BCUT2D eigenvalue weighted by Gasteiger charge is 2.05. The average molecular weight is 338 g/mol. The number of carbonyl (C=O) groups excluding carboxylic acids is 2. The Morgan fingerprint density at radius 1 is 0.880 bits per heavy atom. The minimum absolute atomic E-state index is 0.254. The van der Waals surface area contributed by atoms with Gasteiger partial charge in [0, 0.05) is 12.5 Å². The van der Waals surface area contributed by atoms with E-state index < -0.39 is 5.97 Å². The zero-order valence-corrected chi connectivity index (χ0v) is 14.1. The summed E-state index contributed by atoms with van der Waals surface area (Å²) in [6.07, 6.45) is 3.70. The lowest BCUT2D eigenvalue weighted by atomic mass is 10.1. The Balaban J connectivity index is 1.68. The van der Waals surface area contributed by atoms with Crippen molar-refractivity contribution < 1.29 is 19.1 Å². The molecule has 0 aliphatic carbocycles. The molecule has 130 valence electrons. The van der Waals surface area contributed by atoms with Crippen LogP contribution < -0.4 is 4.74 Å². The minimum Gasteiger partial charge on any atom is -0.463 e. The molecule has 0 saturated carbocycles. The van der Waals surface area contributed by atoms with Gasteiger partial charge in [0.2, 0.25) is 0 Å². The first-order valence-corrected chi connectivity index (χ1v) is 8.34. The van der Waals surface area contributed by atoms with E-state index in [1.54, 1.807) is 12.1 Å². The van der Waals surface area contributed by atoms with Crippen LogP contribution in [0, 0.1) is 0 Å². The van der Waals surface area contributed by atoms with Gasteiger partial charge in [-0.2, -0.15) is 0 Å². The highest BCUT2D eigenvalue weighted by atomic mass is 16.5. The molecule has 0 radical (unpaired) electrons. The highest BCUT2D eigenvalue weighted by molar-refractivity contribution is 5.81. The van der Waals surface area contributed by atoms with Gasteiger partial charge in [0.05, 0.1) is 6.61 Å². The first kappa shape index (κ1) is 18.5. The van der Waals surface area contributed by atoms with Crippen molar-refractivity contribution in [2.24, 2.45) is 0 Å². The molecule has 0 heterocycles. The van der Waals surface area contributed by atoms with Crippen molar-refractivity contribution in [1.29, 1.82) is 0 Å². The normalized spacial score (nSPS) is 10.1. The molecular weight excluding hydrogens is 316 g/mol. The quantitative estimate of drug-likeness (QED) is 0.291. The van der Waals surface area contributed by atoms with Crippen LogP contribution in [0.15, 0.2) is 67.3 Å². The zero-order valence-electron chi connectivity index (χ0n) is 14.1. The fourth-order valence-electron chi connectivity index (χ4n) is 2.31. The molecule has 2 aromatic carbocycles. The van der Waals surface area contributed by atoms with Crippen molar-refractivity contribution in [2.45, 2.75) is 25.7 Å². The molecule has 0 aliphatic heterocycles. The van der Waals surface area contributed by atoms with Crippen LogP contribution in [0.4, 0.5) is 0 Å². The topological polar surface area (TPSA) is 52.6 Å². The van der Waals surface area contributed by atoms with Crippen molar-refractivity contribution in [3.05, 3.63) is 67.3 Å². The third-order valence-electron chi connectivity index (χ3n) is 3.63. The van der Waals surface area contributed by atoms with Crippen molar-refractivity contribution in [3.63, 3.8) is 0 Å². The van der Waals surface area contributed by atoms with E-state index in [-0.39, 0.29) is 5.97 Å². The standard InChI is InChI=1S/C21H22O4/c1-2-20(22)24-16-8-4-7-11-21(23)25-19-14-12-18(13-15-19)17-9-5-3-6-10-17/h2-3,5-6,9-10,12-15H,1,4,7-8,11,16H2. The Morgan fingerprint density at radius 2 is 1.56 bits per heavy atom. The first-order chi connectivity index (χ1) is 12.2. The monoisotopic (exact) mass is 338 g/mol. The highest BCUT2D eigenvalue weighted by Crippen LogP contribution is 2.22. The lowest BCUT2D eigenvalue weighted by molar-refractivity contribution is -0.138. The van der Waals surface area contributed by atoms with E-state index in [9.17, 15) is 9.59 Å². The lowest BCUT2D eigenvalue weighted by Crippen LogP contribution is -2.08. The van der Waals surface area contributed by atoms with E-state index in [4.69, 9.17) is 9.47 Å². The molecule has 0 bridgehead atoms. The van der Waals surface area contributed by atoms with Gasteiger partial charge in [-0.1, -0.05) is 49.0 Å². The summed E-state index contributed by atoms with van der Waals surface area (Å²) < 4.78 is 10.2. The Morgan fingerprint density at radius 3 is 2.24 bits per heavy atom. The molecule has 0 fully saturated rings. The van der Waals surface area contributed by atoms with Gasteiger partial charge < -0.3 is 9.47 Å². The van der Waals surface area contributed by atoms with Crippen LogP contribution in [0.5, 0.6) is 5.75 Å². The number of unbranched alkanes of at least 4 members (excludes halogenated alkanes) is 2. The molecule has 2 rings (SSSR count). The second-order valence-corrected chi connectivity index (χ2v) is 5.55. The smallest absolute Gasteiger partial charge is 0.330 e. The number of benzene rings is 2. The molecular formula is C21H22O4. The molecule has 0 amide bonds. The summed E-state index contributed by atoms with van der Waals surface area (Å²) in [6, 6.07) is 17.5. The molecule has 0 unspecified atom stereocenters. The lowest BCUT2D eigenvalue weighted by Gasteiger charge is -2.06. The van der Waals surface area contributed by atoms with Gasteiger partial charge in [0.1, 0.15) is 5.75 Å². The van der Waals surface area contributed by atoms with Crippen LogP contribution in [0.1, 0.15) is 25.7 Å². The summed E-state index contributed by atoms with van der Waals surface area (Å²) in [5.41, 5.74) is 2.20. The molecule has 25 heavy (non-hydrogen) atoms. The van der Waals surface area contributed by atoms with Crippen LogP contribution in [0.2, 0.25) is 0 Å². The number of rotatable bonds is 9. The summed E-state index contributed by atoms with van der Waals surface area (Å²) in [6.45, 7) is 3.67. The second kappa shape index (κ2) is 10.1. The Bertz CT molecular complexity index is 690. The second-order valence-electron chi connectivity index (χ2n) is 5.55. The third-order valence-corrected chi connectivity index (χ3v) is 3.63. The fraction of sp³-hybridized carbons (Fsp3) is 0.238. The molecule has 0 N–H and O–H groups in total. The maximum Gasteiger partial charge on any atom is 0.330 e. The Labute approximate surface area is 148 Å². The Kier molecular flexibility index (Phi) is 7.44. The van der Waals surface area contributed by atoms with Gasteiger partial charge in [-0.25, -0.2) is 4.79 Å². The summed E-state index contributed by atoms with van der Waals surface area (Å²) >= 11 is 0. The van der Waals surface area contributed by atoms with E-state index in [2.05, 4.69) is 6.58 Å². The maximum atomic E-state index is 11.8. The average Bonchev–Trinajstić information content (AvgIpc) is 2.65. The maximum absolute atomic E-state index is 11.8. The van der Waals surface area contributed by atoms with E-state index in [1.807, 2.05) is 42.5 Å². The van der Waals surface area contributed by atoms with Crippen LogP contribution >= 0.6 is 0 Å². The zero-order chi connectivity index (χ0) is 17.9. The molecule has 0 spiro atoms. The first-order valence-electron chi connectivity index (χ1n) is 8.34. The van der Waals surface area contributed by atoms with Gasteiger partial charge in [0.15, 0.2) is 0 Å². The van der Waals surface area contributed by atoms with Gasteiger partial charge in [-0.05, 0) is 42.5 Å². The largest absolute Gasteiger partial charge is 0.463 e. The number of hydrogen-bond acceptors (Lipinski definition) is 4.